The molecule has 1 fully saturated rings. The Kier molecular flexibility index (Phi) is 7.64. The Morgan fingerprint density at radius 1 is 0.955 bits per heavy atom. The van der Waals surface area contributed by atoms with Crippen molar-refractivity contribution in [1.29, 1.82) is 0 Å². The van der Waals surface area contributed by atoms with Crippen molar-refractivity contribution in [1.82, 2.24) is 4.90 Å². The first-order valence-corrected chi connectivity index (χ1v) is 14.9. The number of alkyl halides is 7. The van der Waals surface area contributed by atoms with E-state index >= 15 is 0 Å². The van der Waals surface area contributed by atoms with Gasteiger partial charge >= 0.3 is 24.0 Å². The lowest BCUT2D eigenvalue weighted by Gasteiger charge is -2.43. The number of carboxylic acid groups (broad SMARTS) is 1. The van der Waals surface area contributed by atoms with Crippen molar-refractivity contribution in [3.8, 4) is 0 Å². The van der Waals surface area contributed by atoms with Crippen LogP contribution in [0.15, 0.2) is 65.6 Å². The number of sulfone groups is 1. The van der Waals surface area contributed by atoms with Gasteiger partial charge in [-0.2, -0.15) is 26.3 Å². The van der Waals surface area contributed by atoms with Crippen LogP contribution >= 0.6 is 0 Å². The van der Waals surface area contributed by atoms with Crippen molar-refractivity contribution in [2.45, 2.75) is 66.4 Å². The van der Waals surface area contributed by atoms with Gasteiger partial charge in [-0.25, -0.2) is 22.0 Å². The number of hydrogen-bond donors (Lipinski definition) is 1. The normalized spacial score (nSPS) is 21.2. The van der Waals surface area contributed by atoms with E-state index in [9.17, 15) is 48.3 Å². The van der Waals surface area contributed by atoms with Crippen LogP contribution in [0.5, 0.6) is 0 Å². The zero-order valence-electron chi connectivity index (χ0n) is 22.9. The van der Waals surface area contributed by atoms with Crippen LogP contribution in [0.3, 0.4) is 0 Å². The van der Waals surface area contributed by atoms with Crippen LogP contribution in [-0.2, 0) is 33.2 Å². The van der Waals surface area contributed by atoms with E-state index in [1.165, 1.54) is 24.3 Å². The summed E-state index contributed by atoms with van der Waals surface area (Å²) in [6.07, 6.45) is -13.1. The molecule has 0 saturated carbocycles. The molecule has 5 rings (SSSR count). The van der Waals surface area contributed by atoms with Gasteiger partial charge in [0.25, 0.3) is 0 Å². The Morgan fingerprint density at radius 2 is 1.59 bits per heavy atom. The molecule has 1 aliphatic carbocycles. The van der Waals surface area contributed by atoms with E-state index in [2.05, 4.69) is 0 Å². The zero-order chi connectivity index (χ0) is 32.5. The van der Waals surface area contributed by atoms with Crippen LogP contribution in [0, 0.1) is 12.7 Å². The monoisotopic (exact) mass is 647 g/mol. The molecule has 1 aliphatic heterocycles. The summed E-state index contributed by atoms with van der Waals surface area (Å²) in [7, 11) is -4.40. The molecule has 0 aromatic heterocycles. The number of likely N-dealkylation sites (tertiary alicyclic amines) is 1. The molecule has 44 heavy (non-hydrogen) atoms. The summed E-state index contributed by atoms with van der Waals surface area (Å²) < 4.78 is 138. The molecular formula is C30H25F8NO4S. The largest absolute Gasteiger partial charge is 0.478 e. The SMILES string of the molecule is Cc1ccc(S(=O)(=O)[C@]23CCN(Cc4ccc(C(=O)O)cc4F)[C@H]2CCc2cc(C(F)(C(F)(F)F)C(F)(F)F)ccc23)cc1. The average molecular weight is 648 g/mol. The summed E-state index contributed by atoms with van der Waals surface area (Å²) in [6, 6.07) is 9.79. The lowest BCUT2D eigenvalue weighted by atomic mass is 9.76. The van der Waals surface area contributed by atoms with Crippen molar-refractivity contribution in [2.24, 2.45) is 0 Å². The highest BCUT2D eigenvalue weighted by Gasteiger charge is 2.73. The molecule has 2 atom stereocenters. The van der Waals surface area contributed by atoms with Crippen LogP contribution in [0.4, 0.5) is 35.1 Å². The Hall–Kier alpha value is -3.52. The molecular weight excluding hydrogens is 622 g/mol. The number of hydrogen-bond acceptors (Lipinski definition) is 4. The molecule has 0 radical (unpaired) electrons. The minimum atomic E-state index is -6.34. The molecule has 2 aliphatic rings. The molecule has 3 aromatic rings. The predicted molar refractivity (Wildman–Crippen MR) is 142 cm³/mol. The van der Waals surface area contributed by atoms with Crippen LogP contribution < -0.4 is 0 Å². The van der Waals surface area contributed by atoms with Gasteiger partial charge in [0.2, 0.25) is 0 Å². The number of nitrogens with zero attached hydrogens (tertiary/aromatic N) is 1. The van der Waals surface area contributed by atoms with Crippen molar-refractivity contribution in [3.63, 3.8) is 0 Å². The van der Waals surface area contributed by atoms with E-state index in [4.69, 9.17) is 5.11 Å². The quantitative estimate of drug-likeness (QED) is 0.292. The molecule has 0 bridgehead atoms. The number of aryl methyl sites for hydroxylation is 2. The van der Waals surface area contributed by atoms with E-state index in [-0.39, 0.29) is 59.5 Å². The van der Waals surface area contributed by atoms with Crippen LogP contribution in [0.25, 0.3) is 0 Å². The van der Waals surface area contributed by atoms with E-state index in [1.54, 1.807) is 24.0 Å². The molecule has 0 amide bonds. The number of carboxylic acids is 1. The molecule has 3 aromatic carbocycles. The first kappa shape index (κ1) is 31.9. The van der Waals surface area contributed by atoms with Crippen molar-refractivity contribution in [3.05, 3.63) is 99.9 Å². The van der Waals surface area contributed by atoms with Gasteiger partial charge in [0.05, 0.1) is 10.5 Å². The maximum Gasteiger partial charge on any atom is 0.435 e. The van der Waals surface area contributed by atoms with Gasteiger partial charge in [-0.15, -0.1) is 0 Å². The topological polar surface area (TPSA) is 74.7 Å². The smallest absolute Gasteiger partial charge is 0.435 e. The molecule has 0 spiro atoms. The van der Waals surface area contributed by atoms with Crippen LogP contribution in [0.2, 0.25) is 0 Å². The number of fused-ring (bicyclic) bond motifs is 3. The van der Waals surface area contributed by atoms with Gasteiger partial charge in [-0.3, -0.25) is 4.90 Å². The lowest BCUT2D eigenvalue weighted by Crippen LogP contribution is -2.52. The van der Waals surface area contributed by atoms with Gasteiger partial charge in [0, 0.05) is 30.3 Å². The highest BCUT2D eigenvalue weighted by atomic mass is 32.2. The number of aromatic carboxylic acids is 1. The Bertz CT molecular complexity index is 1710. The Labute approximate surface area is 247 Å². The number of benzene rings is 3. The van der Waals surface area contributed by atoms with Gasteiger partial charge in [-0.1, -0.05) is 42.0 Å². The predicted octanol–water partition coefficient (Wildman–Crippen LogP) is 7.01. The summed E-state index contributed by atoms with van der Waals surface area (Å²) in [5.74, 6) is -2.19. The van der Waals surface area contributed by atoms with E-state index in [1.807, 2.05) is 0 Å². The van der Waals surface area contributed by atoms with Crippen molar-refractivity contribution >= 4 is 15.8 Å². The minimum absolute atomic E-state index is 0.0472. The fraction of sp³-hybridized carbons (Fsp3) is 0.367. The number of rotatable bonds is 6. The lowest BCUT2D eigenvalue weighted by molar-refractivity contribution is -0.348. The van der Waals surface area contributed by atoms with E-state index in [0.717, 1.165) is 17.7 Å². The molecule has 0 unspecified atom stereocenters. The second kappa shape index (κ2) is 10.5. The Balaban J connectivity index is 1.66. The van der Waals surface area contributed by atoms with Gasteiger partial charge in [0.1, 0.15) is 10.6 Å². The number of halogens is 8. The standard InChI is InChI=1S/C30H25F8NO4S/c1-17-2-8-22(9-3-17)44(42,43)27-12-13-39(16-20-5-4-19(26(40)41)15-24(20)31)25(27)11-6-18-14-21(7-10-23(18)27)28(32,29(33,34)35)30(36,37)38/h2-5,7-10,14-15,25H,6,11-13,16H2,1H3,(H,40,41)/t25-,27-/m0/s1. The first-order chi connectivity index (χ1) is 20.3. The second-order valence-corrected chi connectivity index (χ2v) is 13.3. The van der Waals surface area contributed by atoms with E-state index < -0.39 is 56.0 Å². The van der Waals surface area contributed by atoms with Crippen LogP contribution in [-0.4, -0.2) is 49.3 Å². The summed E-state index contributed by atoms with van der Waals surface area (Å²) >= 11 is 0. The molecule has 1 heterocycles. The summed E-state index contributed by atoms with van der Waals surface area (Å²) in [5, 5.41) is 9.15. The Morgan fingerprint density at radius 3 is 2.16 bits per heavy atom. The highest BCUT2D eigenvalue weighted by molar-refractivity contribution is 7.92. The van der Waals surface area contributed by atoms with Gasteiger partial charge in [-0.05, 0) is 61.6 Å². The average Bonchev–Trinajstić information content (AvgIpc) is 3.32. The zero-order valence-corrected chi connectivity index (χ0v) is 23.8. The summed E-state index contributed by atoms with van der Waals surface area (Å²) in [4.78, 5) is 12.8. The van der Waals surface area contributed by atoms with Crippen molar-refractivity contribution < 1.29 is 53.4 Å². The first-order valence-electron chi connectivity index (χ1n) is 13.4. The third-order valence-corrected chi connectivity index (χ3v) is 11.2. The fourth-order valence-corrected chi connectivity index (χ4v) is 8.86. The minimum Gasteiger partial charge on any atom is -0.478 e. The maximum atomic E-state index is 15.0. The molecule has 1 N–H and O–H groups in total. The van der Waals surface area contributed by atoms with Gasteiger partial charge in [0.15, 0.2) is 9.84 Å². The summed E-state index contributed by atoms with van der Waals surface area (Å²) in [5.41, 5.74) is -7.09. The summed E-state index contributed by atoms with van der Waals surface area (Å²) in [6.45, 7) is 1.63. The molecule has 1 saturated heterocycles. The molecule has 5 nitrogen and oxygen atoms in total. The maximum absolute atomic E-state index is 15.0. The second-order valence-electron chi connectivity index (χ2n) is 11.1. The van der Waals surface area contributed by atoms with Crippen molar-refractivity contribution in [2.75, 3.05) is 6.54 Å². The number of carbonyl (C=O) groups is 1. The van der Waals surface area contributed by atoms with Crippen LogP contribution in [0.1, 0.15) is 51.0 Å². The highest BCUT2D eigenvalue weighted by Crippen LogP contribution is 2.56. The fourth-order valence-electron chi connectivity index (χ4n) is 6.47. The third-order valence-electron chi connectivity index (χ3n) is 8.66. The third kappa shape index (κ3) is 4.77. The van der Waals surface area contributed by atoms with Gasteiger partial charge < -0.3 is 5.11 Å². The van der Waals surface area contributed by atoms with E-state index in [0.29, 0.717) is 12.1 Å². The molecule has 236 valence electrons. The molecule has 14 heteroatoms.